The van der Waals surface area contributed by atoms with Gasteiger partial charge in [0.15, 0.2) is 5.78 Å². The number of carbonyl (C=O) groups excluding carboxylic acids is 1. The summed E-state index contributed by atoms with van der Waals surface area (Å²) in [5.74, 6) is 0.0241. The lowest BCUT2D eigenvalue weighted by Gasteiger charge is -2.15. The number of anilines is 1. The van der Waals surface area contributed by atoms with Gasteiger partial charge in [-0.2, -0.15) is 0 Å². The number of fused-ring (bicyclic) bond motifs is 3. The van der Waals surface area contributed by atoms with Gasteiger partial charge in [0.05, 0.1) is 10.7 Å². The Balaban J connectivity index is 1.43. The number of hydrogen-bond donors (Lipinski definition) is 0. The second-order valence-corrected chi connectivity index (χ2v) is 8.15. The highest BCUT2D eigenvalue weighted by atomic mass is 32.2. The van der Waals surface area contributed by atoms with Crippen LogP contribution in [-0.4, -0.2) is 12.8 Å². The lowest BCUT2D eigenvalue weighted by molar-refractivity contribution is 0.104. The lowest BCUT2D eigenvalue weighted by atomic mass is 10.0. The number of benzene rings is 4. The van der Waals surface area contributed by atoms with E-state index in [9.17, 15) is 4.79 Å². The zero-order chi connectivity index (χ0) is 19.8. The summed E-state index contributed by atoms with van der Waals surface area (Å²) >= 11 is 1.65. The van der Waals surface area contributed by atoms with Gasteiger partial charge in [0.2, 0.25) is 0 Å². The molecule has 4 aromatic carbocycles. The van der Waals surface area contributed by atoms with Gasteiger partial charge in [0, 0.05) is 29.0 Å². The molecular formula is C26H19NOS. The first-order chi connectivity index (χ1) is 14.2. The van der Waals surface area contributed by atoms with Crippen LogP contribution in [0.3, 0.4) is 0 Å². The number of hydrogen-bond acceptors (Lipinski definition) is 3. The predicted molar refractivity (Wildman–Crippen MR) is 122 cm³/mol. The van der Waals surface area contributed by atoms with Crippen LogP contribution < -0.4 is 4.90 Å². The Bertz CT molecular complexity index is 1240. The van der Waals surface area contributed by atoms with Crippen LogP contribution in [0.25, 0.3) is 21.9 Å². The summed E-state index contributed by atoms with van der Waals surface area (Å²) in [6, 6.07) is 30.7. The summed E-state index contributed by atoms with van der Waals surface area (Å²) in [4.78, 5) is 16.2. The van der Waals surface area contributed by atoms with E-state index in [0.717, 1.165) is 16.2 Å². The Kier molecular flexibility index (Phi) is 4.45. The summed E-state index contributed by atoms with van der Waals surface area (Å²) in [6.45, 7) is 0. The maximum Gasteiger partial charge on any atom is 0.188 e. The van der Waals surface area contributed by atoms with Crippen molar-refractivity contribution in [1.29, 1.82) is 0 Å². The fourth-order valence-electron chi connectivity index (χ4n) is 3.73. The van der Waals surface area contributed by atoms with Crippen LogP contribution >= 0.6 is 11.8 Å². The van der Waals surface area contributed by atoms with Gasteiger partial charge in [-0.05, 0) is 22.6 Å². The first kappa shape index (κ1) is 17.8. The molecule has 140 valence electrons. The van der Waals surface area contributed by atoms with E-state index in [0.29, 0.717) is 5.56 Å². The lowest BCUT2D eigenvalue weighted by Crippen LogP contribution is -2.11. The number of thioether (sulfide) groups is 1. The molecule has 1 aliphatic rings. The fraction of sp³-hybridized carbons (Fsp3) is 0.0385. The van der Waals surface area contributed by atoms with E-state index in [1.807, 2.05) is 49.5 Å². The Morgan fingerprint density at radius 2 is 1.48 bits per heavy atom. The van der Waals surface area contributed by atoms with Gasteiger partial charge in [0.25, 0.3) is 0 Å². The average molecular weight is 394 g/mol. The first-order valence-electron chi connectivity index (χ1n) is 9.55. The van der Waals surface area contributed by atoms with Gasteiger partial charge in [-0.15, -0.1) is 0 Å². The van der Waals surface area contributed by atoms with Gasteiger partial charge in [-0.1, -0.05) is 96.7 Å². The van der Waals surface area contributed by atoms with Crippen LogP contribution in [0, 0.1) is 0 Å². The Morgan fingerprint density at radius 1 is 0.793 bits per heavy atom. The van der Waals surface area contributed by atoms with E-state index >= 15 is 0 Å². The molecule has 2 nitrogen and oxygen atoms in total. The van der Waals surface area contributed by atoms with E-state index in [1.165, 1.54) is 21.4 Å². The number of carbonyl (C=O) groups is 1. The summed E-state index contributed by atoms with van der Waals surface area (Å²) in [5.41, 5.74) is 4.14. The maximum atomic E-state index is 12.9. The van der Waals surface area contributed by atoms with Gasteiger partial charge in [-0.3, -0.25) is 4.79 Å². The molecule has 1 heterocycles. The Hall–Kier alpha value is -3.30. The number of allylic oxidation sites excluding steroid dienone is 1. The summed E-state index contributed by atoms with van der Waals surface area (Å²) in [5, 5.41) is 3.37. The first-order valence-corrected chi connectivity index (χ1v) is 10.4. The van der Waals surface area contributed by atoms with Gasteiger partial charge >= 0.3 is 0 Å². The average Bonchev–Trinajstić information content (AvgIpc) is 3.10. The van der Waals surface area contributed by atoms with E-state index in [4.69, 9.17) is 0 Å². The monoisotopic (exact) mass is 393 g/mol. The van der Waals surface area contributed by atoms with Crippen LogP contribution in [0.5, 0.6) is 0 Å². The zero-order valence-corrected chi connectivity index (χ0v) is 16.8. The second-order valence-electron chi connectivity index (χ2n) is 7.08. The molecule has 3 heteroatoms. The molecule has 0 amide bonds. The van der Waals surface area contributed by atoms with Crippen LogP contribution in [0.15, 0.2) is 107 Å². The van der Waals surface area contributed by atoms with Crippen LogP contribution in [0.4, 0.5) is 5.69 Å². The standard InChI is InChI=1S/C26H19NOS/c1-27-25(29-24-16-15-20-9-5-6-10-22(20)26(24)27)17-23(28)21-13-11-19(12-14-21)18-7-3-2-4-8-18/h2-17H,1H3/b25-17+. The van der Waals surface area contributed by atoms with E-state index < -0.39 is 0 Å². The topological polar surface area (TPSA) is 20.3 Å². The van der Waals surface area contributed by atoms with Crippen molar-refractivity contribution in [3.63, 3.8) is 0 Å². The molecule has 0 saturated carbocycles. The van der Waals surface area contributed by atoms with Gasteiger partial charge in [0.1, 0.15) is 0 Å². The molecule has 0 atom stereocenters. The molecule has 0 aromatic heterocycles. The Labute approximate surface area is 174 Å². The zero-order valence-electron chi connectivity index (χ0n) is 16.0. The summed E-state index contributed by atoms with van der Waals surface area (Å²) < 4.78 is 0. The molecule has 0 unspecified atom stereocenters. The van der Waals surface area contributed by atoms with Crippen molar-refractivity contribution >= 4 is 34.0 Å². The van der Waals surface area contributed by atoms with Crippen molar-refractivity contribution in [1.82, 2.24) is 0 Å². The molecule has 0 aliphatic carbocycles. The van der Waals surface area contributed by atoms with E-state index in [1.54, 1.807) is 17.8 Å². The maximum absolute atomic E-state index is 12.9. The van der Waals surface area contributed by atoms with Crippen LogP contribution in [0.1, 0.15) is 10.4 Å². The van der Waals surface area contributed by atoms with Crippen molar-refractivity contribution in [3.05, 3.63) is 108 Å². The van der Waals surface area contributed by atoms with Crippen molar-refractivity contribution in [2.75, 3.05) is 11.9 Å². The highest BCUT2D eigenvalue weighted by Crippen LogP contribution is 2.48. The number of ketones is 1. The minimum atomic E-state index is 0.0241. The third-order valence-corrected chi connectivity index (χ3v) is 6.43. The minimum Gasteiger partial charge on any atom is -0.338 e. The van der Waals surface area contributed by atoms with E-state index in [2.05, 4.69) is 53.4 Å². The van der Waals surface area contributed by atoms with Crippen molar-refractivity contribution < 1.29 is 4.79 Å². The molecule has 0 radical (unpaired) electrons. The fourth-order valence-corrected chi connectivity index (χ4v) is 4.83. The van der Waals surface area contributed by atoms with Crippen molar-refractivity contribution in [2.45, 2.75) is 4.90 Å². The molecule has 4 aromatic rings. The largest absolute Gasteiger partial charge is 0.338 e. The minimum absolute atomic E-state index is 0.0241. The number of rotatable bonds is 3. The second kappa shape index (κ2) is 7.26. The predicted octanol–water partition coefficient (Wildman–Crippen LogP) is 6.77. The normalized spacial score (nSPS) is 14.4. The van der Waals surface area contributed by atoms with E-state index in [-0.39, 0.29) is 5.78 Å². The van der Waals surface area contributed by atoms with Gasteiger partial charge in [-0.25, -0.2) is 0 Å². The van der Waals surface area contributed by atoms with Crippen molar-refractivity contribution in [2.24, 2.45) is 0 Å². The quantitative estimate of drug-likeness (QED) is 0.283. The van der Waals surface area contributed by atoms with Gasteiger partial charge < -0.3 is 4.90 Å². The van der Waals surface area contributed by atoms with Crippen LogP contribution in [0.2, 0.25) is 0 Å². The molecule has 1 aliphatic heterocycles. The third kappa shape index (κ3) is 3.24. The summed E-state index contributed by atoms with van der Waals surface area (Å²) in [6.07, 6.45) is 1.75. The molecule has 0 bridgehead atoms. The Morgan fingerprint density at radius 3 is 2.28 bits per heavy atom. The molecular weight excluding hydrogens is 374 g/mol. The smallest absolute Gasteiger partial charge is 0.188 e. The molecule has 5 rings (SSSR count). The molecule has 0 spiro atoms. The highest BCUT2D eigenvalue weighted by molar-refractivity contribution is 8.03. The molecule has 0 N–H and O–H groups in total. The molecule has 29 heavy (non-hydrogen) atoms. The number of nitrogens with zero attached hydrogens (tertiary/aromatic N) is 1. The molecule has 0 fully saturated rings. The van der Waals surface area contributed by atoms with Crippen LogP contribution in [-0.2, 0) is 0 Å². The summed E-state index contributed by atoms with van der Waals surface area (Å²) in [7, 11) is 2.03. The molecule has 0 saturated heterocycles. The van der Waals surface area contributed by atoms with Crippen molar-refractivity contribution in [3.8, 4) is 11.1 Å². The third-order valence-electron chi connectivity index (χ3n) is 5.28. The highest BCUT2D eigenvalue weighted by Gasteiger charge is 2.25. The SMILES string of the molecule is CN1/C(=C\C(=O)c2ccc(-c3ccccc3)cc2)Sc2ccc3ccccc3c21.